The first-order chi connectivity index (χ1) is 15.0. The van der Waals surface area contributed by atoms with Crippen molar-refractivity contribution in [3.05, 3.63) is 58.1 Å². The number of hydrogen-bond donors (Lipinski definition) is 1. The van der Waals surface area contributed by atoms with Gasteiger partial charge in [-0.2, -0.15) is 5.10 Å². The molecule has 0 bridgehead atoms. The Balaban J connectivity index is 1.91. The van der Waals surface area contributed by atoms with Gasteiger partial charge in [-0.15, -0.1) is 0 Å². The Morgan fingerprint density at radius 1 is 1.03 bits per heavy atom. The number of ether oxygens (including phenoxy) is 2. The SMILES string of the molecule is CCCCCCCCC(=O)NN=Cc1cc(Br)ccc1OC(=O)c1ccc(OC)cc1. The smallest absolute Gasteiger partial charge is 0.343 e. The zero-order valence-corrected chi connectivity index (χ0v) is 19.6. The summed E-state index contributed by atoms with van der Waals surface area (Å²) in [4.78, 5) is 24.4. The van der Waals surface area contributed by atoms with E-state index in [0.29, 0.717) is 29.0 Å². The molecule has 2 aromatic rings. The van der Waals surface area contributed by atoms with Gasteiger partial charge in [-0.3, -0.25) is 4.79 Å². The zero-order valence-electron chi connectivity index (χ0n) is 18.0. The van der Waals surface area contributed by atoms with E-state index in [1.807, 2.05) is 0 Å². The van der Waals surface area contributed by atoms with Gasteiger partial charge in [-0.25, -0.2) is 10.2 Å². The van der Waals surface area contributed by atoms with Crippen molar-refractivity contribution < 1.29 is 19.1 Å². The van der Waals surface area contributed by atoms with E-state index >= 15 is 0 Å². The summed E-state index contributed by atoms with van der Waals surface area (Å²) in [6, 6.07) is 11.9. The summed E-state index contributed by atoms with van der Waals surface area (Å²) in [6.07, 6.45) is 8.65. The van der Waals surface area contributed by atoms with Crippen LogP contribution in [-0.4, -0.2) is 25.2 Å². The van der Waals surface area contributed by atoms with Crippen LogP contribution in [0, 0.1) is 0 Å². The van der Waals surface area contributed by atoms with E-state index in [2.05, 4.69) is 33.4 Å². The number of hydrazone groups is 1. The minimum absolute atomic E-state index is 0.126. The van der Waals surface area contributed by atoms with E-state index in [1.54, 1.807) is 49.6 Å². The molecule has 0 heterocycles. The quantitative estimate of drug-likeness (QED) is 0.133. The largest absolute Gasteiger partial charge is 0.497 e. The van der Waals surface area contributed by atoms with Crippen LogP contribution in [0.25, 0.3) is 0 Å². The molecule has 6 nitrogen and oxygen atoms in total. The third kappa shape index (κ3) is 8.92. The lowest BCUT2D eigenvalue weighted by Gasteiger charge is -2.08. The maximum absolute atomic E-state index is 12.5. The number of methoxy groups -OCH3 is 1. The maximum atomic E-state index is 12.5. The van der Waals surface area contributed by atoms with Crippen LogP contribution in [0.15, 0.2) is 52.0 Å². The summed E-state index contributed by atoms with van der Waals surface area (Å²) in [7, 11) is 1.56. The van der Waals surface area contributed by atoms with Crippen LogP contribution < -0.4 is 14.9 Å². The average molecular weight is 489 g/mol. The Kier molecular flexibility index (Phi) is 10.8. The number of unbranched alkanes of at least 4 members (excludes halogenated alkanes) is 5. The highest BCUT2D eigenvalue weighted by atomic mass is 79.9. The molecular formula is C24H29BrN2O4. The van der Waals surface area contributed by atoms with Gasteiger partial charge >= 0.3 is 5.97 Å². The second kappa shape index (κ2) is 13.6. The molecule has 0 aliphatic carbocycles. The molecule has 0 spiro atoms. The minimum Gasteiger partial charge on any atom is -0.497 e. The van der Waals surface area contributed by atoms with Gasteiger partial charge < -0.3 is 9.47 Å². The van der Waals surface area contributed by atoms with Crippen LogP contribution in [0.5, 0.6) is 11.5 Å². The molecule has 2 rings (SSSR count). The molecule has 0 aliphatic rings. The van der Waals surface area contributed by atoms with E-state index in [9.17, 15) is 9.59 Å². The van der Waals surface area contributed by atoms with Crippen molar-refractivity contribution in [3.63, 3.8) is 0 Å². The number of rotatable bonds is 12. The molecular weight excluding hydrogens is 460 g/mol. The van der Waals surface area contributed by atoms with E-state index in [1.165, 1.54) is 25.5 Å². The monoisotopic (exact) mass is 488 g/mol. The first-order valence-electron chi connectivity index (χ1n) is 10.5. The van der Waals surface area contributed by atoms with Gasteiger partial charge in [0.15, 0.2) is 0 Å². The summed E-state index contributed by atoms with van der Waals surface area (Å²) in [5.74, 6) is 0.382. The van der Waals surface area contributed by atoms with Crippen molar-refractivity contribution >= 4 is 34.0 Å². The lowest BCUT2D eigenvalue weighted by atomic mass is 10.1. The Hall–Kier alpha value is -2.67. The van der Waals surface area contributed by atoms with E-state index in [4.69, 9.17) is 9.47 Å². The molecule has 166 valence electrons. The van der Waals surface area contributed by atoms with Gasteiger partial charge in [-0.1, -0.05) is 55.0 Å². The van der Waals surface area contributed by atoms with Crippen LogP contribution in [0.4, 0.5) is 0 Å². The summed E-state index contributed by atoms with van der Waals surface area (Å²) >= 11 is 3.40. The van der Waals surface area contributed by atoms with E-state index < -0.39 is 5.97 Å². The highest BCUT2D eigenvalue weighted by molar-refractivity contribution is 9.10. The molecule has 0 fully saturated rings. The van der Waals surface area contributed by atoms with E-state index in [-0.39, 0.29) is 5.91 Å². The highest BCUT2D eigenvalue weighted by Gasteiger charge is 2.12. The van der Waals surface area contributed by atoms with Crippen molar-refractivity contribution in [1.82, 2.24) is 5.43 Å². The predicted octanol–water partition coefficient (Wildman–Crippen LogP) is 5.88. The van der Waals surface area contributed by atoms with Gasteiger partial charge in [-0.05, 0) is 48.9 Å². The summed E-state index contributed by atoms with van der Waals surface area (Å²) in [5.41, 5.74) is 3.51. The standard InChI is InChI=1S/C24H29BrN2O4/c1-3-4-5-6-7-8-9-23(28)27-26-17-19-16-20(25)12-15-22(19)31-24(29)18-10-13-21(30-2)14-11-18/h10-17H,3-9H2,1-2H3,(H,27,28). The number of nitrogens with zero attached hydrogens (tertiary/aromatic N) is 1. The fraction of sp³-hybridized carbons (Fsp3) is 0.375. The van der Waals surface area contributed by atoms with Crippen LogP contribution in [0.3, 0.4) is 0 Å². The second-order valence-corrected chi connectivity index (χ2v) is 8.03. The molecule has 0 unspecified atom stereocenters. The third-order valence-electron chi connectivity index (χ3n) is 4.65. The number of carbonyl (C=O) groups is 2. The minimum atomic E-state index is -0.494. The molecule has 2 aromatic carbocycles. The van der Waals surface area contributed by atoms with Crippen LogP contribution >= 0.6 is 15.9 Å². The van der Waals surface area contributed by atoms with Crippen LogP contribution in [0.2, 0.25) is 0 Å². The predicted molar refractivity (Wildman–Crippen MR) is 126 cm³/mol. The fourth-order valence-electron chi connectivity index (χ4n) is 2.89. The van der Waals surface area contributed by atoms with Crippen molar-refractivity contribution in [2.45, 2.75) is 51.9 Å². The zero-order chi connectivity index (χ0) is 22.5. The lowest BCUT2D eigenvalue weighted by molar-refractivity contribution is -0.121. The van der Waals surface area contributed by atoms with Gasteiger partial charge in [0, 0.05) is 16.5 Å². The van der Waals surface area contributed by atoms with Crippen LogP contribution in [-0.2, 0) is 4.79 Å². The fourth-order valence-corrected chi connectivity index (χ4v) is 3.27. The summed E-state index contributed by atoms with van der Waals surface area (Å²) in [6.45, 7) is 2.18. The number of esters is 1. The van der Waals surface area contributed by atoms with Crippen molar-refractivity contribution in [3.8, 4) is 11.5 Å². The molecule has 7 heteroatoms. The van der Waals surface area contributed by atoms with Gasteiger partial charge in [0.1, 0.15) is 11.5 Å². The first kappa shape index (κ1) is 24.6. The first-order valence-corrected chi connectivity index (χ1v) is 11.3. The molecule has 1 amide bonds. The normalized spacial score (nSPS) is 10.8. The Morgan fingerprint density at radius 2 is 1.74 bits per heavy atom. The summed E-state index contributed by atoms with van der Waals surface area (Å²) < 4.78 is 11.4. The molecule has 31 heavy (non-hydrogen) atoms. The van der Waals surface area contributed by atoms with Crippen molar-refractivity contribution in [2.75, 3.05) is 7.11 Å². The topological polar surface area (TPSA) is 77.0 Å². The highest BCUT2D eigenvalue weighted by Crippen LogP contribution is 2.23. The van der Waals surface area contributed by atoms with Crippen LogP contribution in [0.1, 0.15) is 67.8 Å². The molecule has 0 saturated carbocycles. The van der Waals surface area contributed by atoms with Gasteiger partial charge in [0.25, 0.3) is 0 Å². The molecule has 0 aromatic heterocycles. The molecule has 0 aliphatic heterocycles. The van der Waals surface area contributed by atoms with Gasteiger partial charge in [0.2, 0.25) is 5.91 Å². The molecule has 0 radical (unpaired) electrons. The maximum Gasteiger partial charge on any atom is 0.343 e. The number of hydrogen-bond acceptors (Lipinski definition) is 5. The average Bonchev–Trinajstić information content (AvgIpc) is 2.78. The Labute approximate surface area is 192 Å². The number of amides is 1. The number of benzene rings is 2. The number of halogens is 1. The van der Waals surface area contributed by atoms with Crippen molar-refractivity contribution in [1.29, 1.82) is 0 Å². The summed E-state index contributed by atoms with van der Waals surface area (Å²) in [5, 5.41) is 4.02. The third-order valence-corrected chi connectivity index (χ3v) is 5.14. The number of carbonyl (C=O) groups excluding carboxylic acids is 2. The molecule has 1 N–H and O–H groups in total. The Bertz CT molecular complexity index is 882. The van der Waals surface area contributed by atoms with E-state index in [0.717, 1.165) is 23.7 Å². The molecule has 0 atom stereocenters. The second-order valence-electron chi connectivity index (χ2n) is 7.11. The number of nitrogens with one attached hydrogen (secondary N) is 1. The Morgan fingerprint density at radius 3 is 2.45 bits per heavy atom. The van der Waals surface area contributed by atoms with Crippen molar-refractivity contribution in [2.24, 2.45) is 5.10 Å². The van der Waals surface area contributed by atoms with Gasteiger partial charge in [0.05, 0.1) is 18.9 Å². The lowest BCUT2D eigenvalue weighted by Crippen LogP contribution is -2.17. The molecule has 0 saturated heterocycles.